The second-order valence-corrected chi connectivity index (χ2v) is 4.40. The first kappa shape index (κ1) is 11.6. The molecule has 0 aromatic heterocycles. The van der Waals surface area contributed by atoms with Crippen molar-refractivity contribution in [2.45, 2.75) is 6.54 Å². The lowest BCUT2D eigenvalue weighted by molar-refractivity contribution is 0.0479. The Morgan fingerprint density at radius 2 is 1.84 bits per heavy atom. The summed E-state index contributed by atoms with van der Waals surface area (Å²) >= 11 is 0. The highest BCUT2D eigenvalue weighted by Crippen LogP contribution is 2.28. The van der Waals surface area contributed by atoms with Gasteiger partial charge in [-0.25, -0.2) is 4.79 Å². The third kappa shape index (κ3) is 2.12. The number of phenolic OH excluding ortho intramolecular Hbond substituents is 1. The quantitative estimate of drug-likeness (QED) is 0.838. The Hall–Kier alpha value is -2.49. The van der Waals surface area contributed by atoms with Gasteiger partial charge in [0, 0.05) is 12.1 Å². The van der Waals surface area contributed by atoms with E-state index in [-0.39, 0.29) is 18.4 Å². The van der Waals surface area contributed by atoms with E-state index < -0.39 is 0 Å². The average Bonchev–Trinajstić information content (AvgIpc) is 2.44. The van der Waals surface area contributed by atoms with Crippen molar-refractivity contribution < 1.29 is 14.6 Å². The van der Waals surface area contributed by atoms with Crippen molar-refractivity contribution in [3.8, 4) is 5.75 Å². The van der Waals surface area contributed by atoms with Gasteiger partial charge in [0.15, 0.2) is 6.73 Å². The summed E-state index contributed by atoms with van der Waals surface area (Å²) in [6.45, 7) is 0.696. The summed E-state index contributed by atoms with van der Waals surface area (Å²) in [5.41, 5.74) is 2.20. The van der Waals surface area contributed by atoms with Gasteiger partial charge in [0.05, 0.1) is 11.3 Å². The molecule has 0 saturated carbocycles. The molecule has 19 heavy (non-hydrogen) atoms. The van der Waals surface area contributed by atoms with E-state index in [9.17, 15) is 9.90 Å². The van der Waals surface area contributed by atoms with E-state index in [2.05, 4.69) is 0 Å². The van der Waals surface area contributed by atoms with E-state index in [1.54, 1.807) is 18.2 Å². The Kier molecular flexibility index (Phi) is 2.83. The van der Waals surface area contributed by atoms with Gasteiger partial charge in [0.2, 0.25) is 0 Å². The summed E-state index contributed by atoms with van der Waals surface area (Å²) in [6.07, 6.45) is 0. The van der Waals surface area contributed by atoms with E-state index in [1.165, 1.54) is 0 Å². The molecular weight excluding hydrogens is 242 g/mol. The van der Waals surface area contributed by atoms with E-state index in [1.807, 2.05) is 35.2 Å². The van der Waals surface area contributed by atoms with Crippen LogP contribution in [0.4, 0.5) is 5.69 Å². The molecule has 1 heterocycles. The number of hydrogen-bond donors (Lipinski definition) is 1. The van der Waals surface area contributed by atoms with Crippen molar-refractivity contribution in [2.75, 3.05) is 11.6 Å². The molecule has 0 spiro atoms. The molecule has 0 atom stereocenters. The largest absolute Gasteiger partial charge is 0.508 e. The van der Waals surface area contributed by atoms with Gasteiger partial charge >= 0.3 is 5.97 Å². The molecule has 1 aliphatic rings. The summed E-state index contributed by atoms with van der Waals surface area (Å²) in [7, 11) is 0. The first-order chi connectivity index (χ1) is 9.25. The number of para-hydroxylation sites is 2. The number of carbonyl (C=O) groups is 1. The molecule has 0 radical (unpaired) electrons. The lowest BCUT2D eigenvalue weighted by Crippen LogP contribution is -2.33. The summed E-state index contributed by atoms with van der Waals surface area (Å²) < 4.78 is 5.13. The van der Waals surface area contributed by atoms with Crippen molar-refractivity contribution in [2.24, 2.45) is 0 Å². The Bertz CT molecular complexity index is 624. The maximum absolute atomic E-state index is 11.7. The molecular formula is C15H13NO3. The fraction of sp³-hybridized carbons (Fsp3) is 0.133. The Labute approximate surface area is 110 Å². The minimum Gasteiger partial charge on any atom is -0.508 e. The van der Waals surface area contributed by atoms with Crippen LogP contribution in [0.2, 0.25) is 0 Å². The van der Waals surface area contributed by atoms with Crippen LogP contribution in [0.15, 0.2) is 48.5 Å². The molecule has 96 valence electrons. The Morgan fingerprint density at radius 3 is 2.68 bits per heavy atom. The number of cyclic esters (lactones) is 1. The van der Waals surface area contributed by atoms with Gasteiger partial charge in [0.25, 0.3) is 0 Å². The highest BCUT2D eigenvalue weighted by Gasteiger charge is 2.24. The minimum atomic E-state index is -0.302. The van der Waals surface area contributed by atoms with Gasteiger partial charge in [-0.2, -0.15) is 0 Å². The van der Waals surface area contributed by atoms with Crippen LogP contribution >= 0.6 is 0 Å². The number of rotatable bonds is 2. The number of anilines is 1. The van der Waals surface area contributed by atoms with Crippen molar-refractivity contribution in [1.82, 2.24) is 0 Å². The third-order valence-electron chi connectivity index (χ3n) is 3.17. The van der Waals surface area contributed by atoms with E-state index in [0.717, 1.165) is 11.3 Å². The van der Waals surface area contributed by atoms with Gasteiger partial charge in [0.1, 0.15) is 5.75 Å². The van der Waals surface area contributed by atoms with Gasteiger partial charge in [-0.05, 0) is 18.2 Å². The molecule has 0 aliphatic carbocycles. The third-order valence-corrected chi connectivity index (χ3v) is 3.17. The summed E-state index contributed by atoms with van der Waals surface area (Å²) in [5.74, 6) is -0.0546. The zero-order valence-corrected chi connectivity index (χ0v) is 10.2. The molecule has 4 nitrogen and oxygen atoms in total. The predicted molar refractivity (Wildman–Crippen MR) is 71.0 cm³/mol. The zero-order valence-electron chi connectivity index (χ0n) is 10.2. The second kappa shape index (κ2) is 4.65. The van der Waals surface area contributed by atoms with E-state index in [0.29, 0.717) is 12.1 Å². The SMILES string of the molecule is O=C1OCN(Cc2ccccc2O)c2ccccc21. The lowest BCUT2D eigenvalue weighted by atomic mass is 10.1. The van der Waals surface area contributed by atoms with Crippen molar-refractivity contribution in [1.29, 1.82) is 0 Å². The molecule has 1 aliphatic heterocycles. The number of aromatic hydroxyl groups is 1. The Balaban J connectivity index is 1.93. The number of fused-ring (bicyclic) bond motifs is 1. The first-order valence-corrected chi connectivity index (χ1v) is 6.03. The molecule has 1 N–H and O–H groups in total. The maximum Gasteiger partial charge on any atom is 0.341 e. The average molecular weight is 255 g/mol. The highest BCUT2D eigenvalue weighted by molar-refractivity contribution is 5.97. The van der Waals surface area contributed by atoms with Crippen LogP contribution in [0, 0.1) is 0 Å². The smallest absolute Gasteiger partial charge is 0.341 e. The van der Waals surface area contributed by atoms with Crippen LogP contribution in [0.1, 0.15) is 15.9 Å². The lowest BCUT2D eigenvalue weighted by Gasteiger charge is -2.30. The van der Waals surface area contributed by atoms with Gasteiger partial charge < -0.3 is 14.7 Å². The van der Waals surface area contributed by atoms with Crippen molar-refractivity contribution in [3.63, 3.8) is 0 Å². The van der Waals surface area contributed by atoms with Crippen molar-refractivity contribution >= 4 is 11.7 Å². The summed E-state index contributed by atoms with van der Waals surface area (Å²) in [4.78, 5) is 13.6. The zero-order chi connectivity index (χ0) is 13.2. The maximum atomic E-state index is 11.7. The molecule has 0 saturated heterocycles. The number of esters is 1. The van der Waals surface area contributed by atoms with Gasteiger partial charge in [-0.15, -0.1) is 0 Å². The number of phenols is 1. The highest BCUT2D eigenvalue weighted by atomic mass is 16.5. The first-order valence-electron chi connectivity index (χ1n) is 6.03. The fourth-order valence-electron chi connectivity index (χ4n) is 2.19. The van der Waals surface area contributed by atoms with Crippen LogP contribution in [-0.4, -0.2) is 17.8 Å². The van der Waals surface area contributed by atoms with Crippen LogP contribution in [-0.2, 0) is 11.3 Å². The monoisotopic (exact) mass is 255 g/mol. The second-order valence-electron chi connectivity index (χ2n) is 4.40. The number of hydrogen-bond acceptors (Lipinski definition) is 4. The fourth-order valence-corrected chi connectivity index (χ4v) is 2.19. The molecule has 0 bridgehead atoms. The van der Waals surface area contributed by atoms with Crippen LogP contribution in [0.5, 0.6) is 5.75 Å². The summed E-state index contributed by atoms with van der Waals surface area (Å²) in [6, 6.07) is 14.5. The molecule has 2 aromatic rings. The minimum absolute atomic E-state index is 0.199. The number of nitrogens with zero attached hydrogens (tertiary/aromatic N) is 1. The molecule has 4 heteroatoms. The number of ether oxygens (including phenoxy) is 1. The van der Waals surface area contributed by atoms with Gasteiger partial charge in [-0.3, -0.25) is 0 Å². The molecule has 0 unspecified atom stereocenters. The van der Waals surface area contributed by atoms with Crippen LogP contribution in [0.25, 0.3) is 0 Å². The standard InChI is InChI=1S/C15H13NO3/c17-14-8-4-1-5-11(14)9-16-10-19-15(18)12-6-2-3-7-13(12)16/h1-8,17H,9-10H2. The molecule has 0 amide bonds. The molecule has 0 fully saturated rings. The number of carbonyl (C=O) groups excluding carboxylic acids is 1. The van der Waals surface area contributed by atoms with Gasteiger partial charge in [-0.1, -0.05) is 30.3 Å². The van der Waals surface area contributed by atoms with E-state index >= 15 is 0 Å². The normalized spacial score (nSPS) is 13.9. The number of benzene rings is 2. The van der Waals surface area contributed by atoms with Crippen LogP contribution in [0.3, 0.4) is 0 Å². The molecule has 3 rings (SSSR count). The summed E-state index contributed by atoms with van der Waals surface area (Å²) in [5, 5.41) is 9.81. The van der Waals surface area contributed by atoms with Crippen molar-refractivity contribution in [3.05, 3.63) is 59.7 Å². The molecule has 2 aromatic carbocycles. The van der Waals surface area contributed by atoms with Crippen LogP contribution < -0.4 is 4.90 Å². The van der Waals surface area contributed by atoms with E-state index in [4.69, 9.17) is 4.74 Å². The predicted octanol–water partition coefficient (Wildman–Crippen LogP) is 2.53. The Morgan fingerprint density at radius 1 is 1.11 bits per heavy atom. The topological polar surface area (TPSA) is 49.8 Å².